The van der Waals surface area contributed by atoms with Crippen LogP contribution < -0.4 is 5.32 Å². The molecule has 1 amide bonds. The Labute approximate surface area is 144 Å². The Morgan fingerprint density at radius 2 is 1.96 bits per heavy atom. The topological polar surface area (TPSA) is 67.8 Å². The van der Waals surface area contributed by atoms with Gasteiger partial charge in [-0.3, -0.25) is 15.1 Å². The molecule has 3 rings (SSSR count). The van der Waals surface area contributed by atoms with Crippen LogP contribution in [0.5, 0.6) is 0 Å². The Bertz CT molecular complexity index is 929. The molecular weight excluding hydrogens is 353 g/mol. The zero-order valence-corrected chi connectivity index (χ0v) is 13.6. The van der Waals surface area contributed by atoms with Gasteiger partial charge in [-0.2, -0.15) is 0 Å². The smallest absolute Gasteiger partial charge is 0.281 e. The lowest BCUT2D eigenvalue weighted by molar-refractivity contribution is 0.102. The molecule has 0 unspecified atom stereocenters. The van der Waals surface area contributed by atoms with Crippen molar-refractivity contribution in [2.24, 2.45) is 0 Å². The van der Waals surface area contributed by atoms with Gasteiger partial charge in [-0.25, -0.2) is 23.1 Å². The number of halogens is 3. The van der Waals surface area contributed by atoms with Gasteiger partial charge in [0.25, 0.3) is 12.3 Å². The zero-order chi connectivity index (χ0) is 18.0. The van der Waals surface area contributed by atoms with E-state index in [1.54, 1.807) is 13.0 Å². The Hall–Kier alpha value is -2.81. The first-order valence-electron chi connectivity index (χ1n) is 7.07. The van der Waals surface area contributed by atoms with Crippen LogP contribution >= 0.6 is 11.3 Å². The van der Waals surface area contributed by atoms with Crippen LogP contribution in [-0.2, 0) is 0 Å². The minimum atomic E-state index is -2.70. The van der Waals surface area contributed by atoms with Crippen LogP contribution in [0.15, 0.2) is 36.0 Å². The van der Waals surface area contributed by atoms with Crippen molar-refractivity contribution in [1.29, 1.82) is 0 Å². The van der Waals surface area contributed by atoms with Crippen molar-refractivity contribution in [3.63, 3.8) is 0 Å². The number of alkyl halides is 2. The van der Waals surface area contributed by atoms with Gasteiger partial charge in [0.15, 0.2) is 5.13 Å². The largest absolute Gasteiger partial charge is 0.296 e. The van der Waals surface area contributed by atoms with E-state index in [2.05, 4.69) is 20.3 Å². The highest BCUT2D eigenvalue weighted by atomic mass is 32.1. The molecule has 3 aromatic heterocycles. The minimum absolute atomic E-state index is 0.0533. The monoisotopic (exact) mass is 364 g/mol. The lowest BCUT2D eigenvalue weighted by atomic mass is 10.1. The van der Waals surface area contributed by atoms with Crippen molar-refractivity contribution in [3.8, 4) is 11.1 Å². The molecule has 0 bridgehead atoms. The van der Waals surface area contributed by atoms with Gasteiger partial charge < -0.3 is 0 Å². The van der Waals surface area contributed by atoms with E-state index in [0.29, 0.717) is 16.8 Å². The van der Waals surface area contributed by atoms with Crippen LogP contribution in [0.3, 0.4) is 0 Å². The molecule has 0 saturated heterocycles. The normalized spacial score (nSPS) is 10.9. The first kappa shape index (κ1) is 17.0. The number of anilines is 1. The molecular formula is C16H11F3N4OS. The predicted molar refractivity (Wildman–Crippen MR) is 87.2 cm³/mol. The molecule has 0 aliphatic rings. The Morgan fingerprint density at radius 3 is 2.64 bits per heavy atom. The number of nitrogens with one attached hydrogen (secondary N) is 1. The zero-order valence-electron chi connectivity index (χ0n) is 12.8. The van der Waals surface area contributed by atoms with Crippen molar-refractivity contribution in [3.05, 3.63) is 58.9 Å². The van der Waals surface area contributed by atoms with Crippen LogP contribution in [0, 0.1) is 12.7 Å². The van der Waals surface area contributed by atoms with Gasteiger partial charge in [-0.05, 0) is 30.7 Å². The number of aromatic nitrogens is 3. The van der Waals surface area contributed by atoms with E-state index in [-0.39, 0.29) is 10.8 Å². The van der Waals surface area contributed by atoms with E-state index in [0.717, 1.165) is 17.5 Å². The molecule has 0 spiro atoms. The Kier molecular flexibility index (Phi) is 4.75. The Morgan fingerprint density at radius 1 is 1.16 bits per heavy atom. The maximum absolute atomic E-state index is 13.3. The summed E-state index contributed by atoms with van der Waals surface area (Å²) in [5, 5.41) is 3.66. The van der Waals surface area contributed by atoms with Crippen LogP contribution in [0.4, 0.5) is 18.3 Å². The number of aryl methyl sites for hydroxylation is 1. The van der Waals surface area contributed by atoms with E-state index in [9.17, 15) is 18.0 Å². The highest BCUT2D eigenvalue weighted by Crippen LogP contribution is 2.25. The molecule has 0 aliphatic carbocycles. The quantitative estimate of drug-likeness (QED) is 0.752. The highest BCUT2D eigenvalue weighted by molar-refractivity contribution is 7.14. The fraction of sp³-hybridized carbons (Fsp3) is 0.125. The number of carbonyl (C=O) groups is 1. The molecule has 1 N–H and O–H groups in total. The molecule has 0 atom stereocenters. The first-order chi connectivity index (χ1) is 11.9. The van der Waals surface area contributed by atoms with Gasteiger partial charge in [0.2, 0.25) is 0 Å². The van der Waals surface area contributed by atoms with Crippen LogP contribution in [-0.4, -0.2) is 20.9 Å². The third kappa shape index (κ3) is 4.00. The fourth-order valence-corrected chi connectivity index (χ4v) is 2.82. The first-order valence-corrected chi connectivity index (χ1v) is 7.95. The molecule has 0 saturated carbocycles. The summed E-state index contributed by atoms with van der Waals surface area (Å²) >= 11 is 0.897. The van der Waals surface area contributed by atoms with Gasteiger partial charge >= 0.3 is 0 Å². The number of hydrogen-bond donors (Lipinski definition) is 1. The standard InChI is InChI=1S/C16H11F3N4OS/c1-8-2-9(10-3-11(17)6-20-5-10)4-12(21-8)15(24)23-16-22-13(7-25-16)14(18)19/h2-7,14H,1H3,(H,22,23,24). The second-order valence-corrected chi connectivity index (χ2v) is 5.96. The maximum Gasteiger partial charge on any atom is 0.281 e. The van der Waals surface area contributed by atoms with E-state index < -0.39 is 23.8 Å². The van der Waals surface area contributed by atoms with E-state index >= 15 is 0 Å². The van der Waals surface area contributed by atoms with Crippen LogP contribution in [0.25, 0.3) is 11.1 Å². The van der Waals surface area contributed by atoms with Gasteiger partial charge in [0, 0.05) is 22.8 Å². The third-order valence-electron chi connectivity index (χ3n) is 3.19. The lowest BCUT2D eigenvalue weighted by Crippen LogP contribution is -2.14. The summed E-state index contributed by atoms with van der Waals surface area (Å²) in [6, 6.07) is 4.45. The van der Waals surface area contributed by atoms with Crippen molar-refractivity contribution in [2.45, 2.75) is 13.3 Å². The molecule has 5 nitrogen and oxygen atoms in total. The van der Waals surface area contributed by atoms with Crippen LogP contribution in [0.1, 0.15) is 28.3 Å². The number of thiazole rings is 1. The highest BCUT2D eigenvalue weighted by Gasteiger charge is 2.16. The number of hydrogen-bond acceptors (Lipinski definition) is 5. The molecule has 0 aromatic carbocycles. The summed E-state index contributed by atoms with van der Waals surface area (Å²) in [5.74, 6) is -1.09. The SMILES string of the molecule is Cc1cc(-c2cncc(F)c2)cc(C(=O)Nc2nc(C(F)F)cs2)n1. The molecule has 0 aliphatic heterocycles. The fourth-order valence-electron chi connectivity index (χ4n) is 2.13. The van der Waals surface area contributed by atoms with Gasteiger partial charge in [0.1, 0.15) is 17.2 Å². The lowest BCUT2D eigenvalue weighted by Gasteiger charge is -2.07. The Balaban J connectivity index is 1.87. The summed E-state index contributed by atoms with van der Waals surface area (Å²) in [6.45, 7) is 1.69. The van der Waals surface area contributed by atoms with Crippen molar-refractivity contribution in [1.82, 2.24) is 15.0 Å². The number of rotatable bonds is 4. The number of amides is 1. The second kappa shape index (κ2) is 6.98. The predicted octanol–water partition coefficient (Wildman–Crippen LogP) is 4.24. The molecule has 3 aromatic rings. The van der Waals surface area contributed by atoms with Gasteiger partial charge in [-0.15, -0.1) is 11.3 Å². The van der Waals surface area contributed by atoms with E-state index in [4.69, 9.17) is 0 Å². The molecule has 0 radical (unpaired) electrons. The molecule has 25 heavy (non-hydrogen) atoms. The summed E-state index contributed by atoms with van der Waals surface area (Å²) in [5.41, 5.74) is 1.27. The van der Waals surface area contributed by atoms with Crippen molar-refractivity contribution in [2.75, 3.05) is 5.32 Å². The molecule has 9 heteroatoms. The van der Waals surface area contributed by atoms with Gasteiger partial charge in [0.05, 0.1) is 6.20 Å². The number of carbonyl (C=O) groups excluding carboxylic acids is 1. The number of nitrogens with zero attached hydrogens (tertiary/aromatic N) is 3. The van der Waals surface area contributed by atoms with Crippen molar-refractivity contribution < 1.29 is 18.0 Å². The van der Waals surface area contributed by atoms with Crippen LogP contribution in [0.2, 0.25) is 0 Å². The number of pyridine rings is 2. The molecule has 3 heterocycles. The van der Waals surface area contributed by atoms with E-state index in [1.807, 2.05) is 0 Å². The van der Waals surface area contributed by atoms with Crippen molar-refractivity contribution >= 4 is 22.4 Å². The van der Waals surface area contributed by atoms with E-state index in [1.165, 1.54) is 23.7 Å². The third-order valence-corrected chi connectivity index (χ3v) is 3.97. The maximum atomic E-state index is 13.3. The average Bonchev–Trinajstić information content (AvgIpc) is 3.03. The summed E-state index contributed by atoms with van der Waals surface area (Å²) < 4.78 is 38.4. The molecule has 128 valence electrons. The molecule has 0 fully saturated rings. The van der Waals surface area contributed by atoms with Gasteiger partial charge in [-0.1, -0.05) is 0 Å². The summed E-state index contributed by atoms with van der Waals surface area (Å²) in [4.78, 5) is 23.8. The summed E-state index contributed by atoms with van der Waals surface area (Å²) in [7, 11) is 0. The average molecular weight is 364 g/mol. The second-order valence-electron chi connectivity index (χ2n) is 5.11. The summed E-state index contributed by atoms with van der Waals surface area (Å²) in [6.07, 6.45) is -0.158. The minimum Gasteiger partial charge on any atom is -0.296 e.